The molecule has 4 nitrogen and oxygen atoms in total. The Morgan fingerprint density at radius 2 is 2.29 bits per heavy atom. The van der Waals surface area contributed by atoms with Crippen molar-refractivity contribution in [1.29, 1.82) is 0 Å². The maximum absolute atomic E-state index is 10.4. The summed E-state index contributed by atoms with van der Waals surface area (Å²) in [5, 5.41) is 14.5. The third-order valence-electron chi connectivity index (χ3n) is 3.14. The quantitative estimate of drug-likeness (QED) is 0.702. The van der Waals surface area contributed by atoms with E-state index in [0.29, 0.717) is 12.6 Å². The second kappa shape index (κ2) is 3.07. The van der Waals surface area contributed by atoms with Crippen molar-refractivity contribution in [3.8, 4) is 0 Å². The Kier molecular flexibility index (Phi) is 2.12. The molecule has 2 rings (SSSR count). The second-order valence-corrected chi connectivity index (χ2v) is 4.40. The smallest absolute Gasteiger partial charge is 0.107 e. The van der Waals surface area contributed by atoms with Crippen molar-refractivity contribution in [2.75, 3.05) is 13.6 Å². The fourth-order valence-corrected chi connectivity index (χ4v) is 2.15. The molecule has 1 fully saturated rings. The topological polar surface area (TPSA) is 41.3 Å². The van der Waals surface area contributed by atoms with Crippen LogP contribution in [0.15, 0.2) is 12.4 Å². The second-order valence-electron chi connectivity index (χ2n) is 4.40. The average Bonchev–Trinajstić information content (AvgIpc) is 2.60. The highest BCUT2D eigenvalue weighted by Gasteiger charge is 2.40. The molecule has 1 aliphatic rings. The van der Waals surface area contributed by atoms with Crippen LogP contribution in [-0.2, 0) is 12.6 Å². The lowest BCUT2D eigenvalue weighted by Gasteiger charge is -2.20. The normalized spacial score (nSPS) is 33.9. The predicted molar refractivity (Wildman–Crippen MR) is 53.8 cm³/mol. The number of likely N-dealkylation sites (N-methyl/N-ethyl adjacent to an activating group) is 1. The molecule has 2 atom stereocenters. The zero-order chi connectivity index (χ0) is 10.3. The van der Waals surface area contributed by atoms with E-state index in [1.807, 2.05) is 20.3 Å². The van der Waals surface area contributed by atoms with Crippen molar-refractivity contribution < 1.29 is 5.11 Å². The molecule has 1 aromatic heterocycles. The minimum absolute atomic E-state index is 0.431. The minimum atomic E-state index is -0.706. The van der Waals surface area contributed by atoms with Crippen molar-refractivity contribution in [2.24, 2.45) is 7.05 Å². The van der Waals surface area contributed by atoms with Gasteiger partial charge in [0, 0.05) is 31.4 Å². The van der Waals surface area contributed by atoms with Crippen LogP contribution in [0.4, 0.5) is 0 Å². The molecule has 2 heterocycles. The number of aryl methyl sites for hydroxylation is 1. The number of nitrogens with zero attached hydrogens (tertiary/aromatic N) is 3. The van der Waals surface area contributed by atoms with Gasteiger partial charge in [-0.05, 0) is 20.4 Å². The highest BCUT2D eigenvalue weighted by Crippen LogP contribution is 2.34. The van der Waals surface area contributed by atoms with Crippen LogP contribution in [0.5, 0.6) is 0 Å². The zero-order valence-corrected chi connectivity index (χ0v) is 8.94. The third kappa shape index (κ3) is 1.44. The zero-order valence-electron chi connectivity index (χ0n) is 8.94. The molecule has 78 valence electrons. The molecule has 4 heteroatoms. The molecule has 2 unspecified atom stereocenters. The average molecular weight is 195 g/mol. The molecule has 1 aromatic rings. The van der Waals surface area contributed by atoms with Gasteiger partial charge in [-0.2, -0.15) is 5.10 Å². The molecular weight excluding hydrogens is 178 g/mol. The van der Waals surface area contributed by atoms with Gasteiger partial charge in [0.25, 0.3) is 0 Å². The summed E-state index contributed by atoms with van der Waals surface area (Å²) in [7, 11) is 3.91. The van der Waals surface area contributed by atoms with E-state index in [1.54, 1.807) is 10.9 Å². The van der Waals surface area contributed by atoms with Crippen LogP contribution in [0, 0.1) is 0 Å². The van der Waals surface area contributed by atoms with E-state index in [9.17, 15) is 5.11 Å². The lowest BCUT2D eigenvalue weighted by atomic mass is 9.94. The summed E-state index contributed by atoms with van der Waals surface area (Å²) in [4.78, 5) is 2.17. The summed E-state index contributed by atoms with van der Waals surface area (Å²) in [6.07, 6.45) is 4.44. The first-order chi connectivity index (χ1) is 6.51. The Hall–Kier alpha value is -0.870. The van der Waals surface area contributed by atoms with Gasteiger partial charge in [0.1, 0.15) is 5.60 Å². The lowest BCUT2D eigenvalue weighted by Crippen LogP contribution is -2.29. The fourth-order valence-electron chi connectivity index (χ4n) is 2.15. The number of likely N-dealkylation sites (tertiary alicyclic amines) is 1. The summed E-state index contributed by atoms with van der Waals surface area (Å²) in [6.45, 7) is 2.83. The molecule has 0 radical (unpaired) electrons. The summed E-state index contributed by atoms with van der Waals surface area (Å²) in [5.41, 5.74) is 0.221. The fraction of sp³-hybridized carbons (Fsp3) is 0.700. The molecule has 1 saturated heterocycles. The van der Waals surface area contributed by atoms with Crippen LogP contribution >= 0.6 is 0 Å². The molecule has 0 aliphatic carbocycles. The van der Waals surface area contributed by atoms with E-state index >= 15 is 0 Å². The number of β-amino-alcohol motifs (C(OH)–C–C–N with tert-alkyl or cyclic N) is 1. The molecule has 0 spiro atoms. The van der Waals surface area contributed by atoms with Gasteiger partial charge in [-0.1, -0.05) is 0 Å². The summed E-state index contributed by atoms with van der Waals surface area (Å²) in [6, 6.07) is 0.431. The van der Waals surface area contributed by atoms with Gasteiger partial charge >= 0.3 is 0 Å². The molecule has 1 aliphatic heterocycles. The number of hydrogen-bond acceptors (Lipinski definition) is 3. The molecule has 0 saturated carbocycles. The molecule has 0 bridgehead atoms. The number of rotatable bonds is 1. The SMILES string of the molecule is CC1CC(O)(c2cnn(C)c2)CN1C. The summed E-state index contributed by atoms with van der Waals surface area (Å²) in [5.74, 6) is 0. The summed E-state index contributed by atoms with van der Waals surface area (Å²) < 4.78 is 1.73. The number of aliphatic hydroxyl groups is 1. The van der Waals surface area contributed by atoms with E-state index in [2.05, 4.69) is 16.9 Å². The van der Waals surface area contributed by atoms with Crippen LogP contribution in [0.2, 0.25) is 0 Å². The monoisotopic (exact) mass is 195 g/mol. The van der Waals surface area contributed by atoms with Gasteiger partial charge in [-0.25, -0.2) is 0 Å². The predicted octanol–water partition coefficient (Wildman–Crippen LogP) is 0.332. The van der Waals surface area contributed by atoms with Crippen molar-refractivity contribution >= 4 is 0 Å². The molecule has 0 aromatic carbocycles. The highest BCUT2D eigenvalue weighted by molar-refractivity contribution is 5.18. The number of hydrogen-bond donors (Lipinski definition) is 1. The van der Waals surface area contributed by atoms with Gasteiger partial charge in [-0.15, -0.1) is 0 Å². The Labute approximate surface area is 84.1 Å². The van der Waals surface area contributed by atoms with Crippen LogP contribution in [0.3, 0.4) is 0 Å². The van der Waals surface area contributed by atoms with E-state index < -0.39 is 5.60 Å². The highest BCUT2D eigenvalue weighted by atomic mass is 16.3. The van der Waals surface area contributed by atoms with Crippen molar-refractivity contribution in [2.45, 2.75) is 25.0 Å². The van der Waals surface area contributed by atoms with Gasteiger partial charge < -0.3 is 10.0 Å². The van der Waals surface area contributed by atoms with Crippen molar-refractivity contribution in [1.82, 2.24) is 14.7 Å². The van der Waals surface area contributed by atoms with Crippen molar-refractivity contribution in [3.05, 3.63) is 18.0 Å². The first-order valence-electron chi connectivity index (χ1n) is 4.93. The van der Waals surface area contributed by atoms with Gasteiger partial charge in [0.2, 0.25) is 0 Å². The van der Waals surface area contributed by atoms with Crippen LogP contribution in [0.25, 0.3) is 0 Å². The van der Waals surface area contributed by atoms with E-state index in [0.717, 1.165) is 12.0 Å². The molecular formula is C10H17N3O. The maximum Gasteiger partial charge on any atom is 0.107 e. The van der Waals surface area contributed by atoms with Crippen LogP contribution < -0.4 is 0 Å². The first-order valence-corrected chi connectivity index (χ1v) is 4.93. The largest absolute Gasteiger partial charge is 0.384 e. The lowest BCUT2D eigenvalue weighted by molar-refractivity contribution is 0.0485. The van der Waals surface area contributed by atoms with E-state index in [1.165, 1.54) is 0 Å². The Morgan fingerprint density at radius 3 is 2.71 bits per heavy atom. The summed E-state index contributed by atoms with van der Waals surface area (Å²) >= 11 is 0. The standard InChI is InChI=1S/C10H17N3O/c1-8-4-10(14,7-12(8)2)9-5-11-13(3)6-9/h5-6,8,14H,4,7H2,1-3H3. The number of aromatic nitrogens is 2. The van der Waals surface area contributed by atoms with E-state index in [4.69, 9.17) is 0 Å². The maximum atomic E-state index is 10.4. The van der Waals surface area contributed by atoms with Gasteiger partial charge in [0.05, 0.1) is 6.20 Å². The first kappa shape index (κ1) is 9.68. The molecule has 1 N–H and O–H groups in total. The third-order valence-corrected chi connectivity index (χ3v) is 3.14. The van der Waals surface area contributed by atoms with Crippen molar-refractivity contribution in [3.63, 3.8) is 0 Å². The van der Waals surface area contributed by atoms with E-state index in [-0.39, 0.29) is 0 Å². The van der Waals surface area contributed by atoms with Crippen LogP contribution in [-0.4, -0.2) is 39.4 Å². The molecule has 0 amide bonds. The van der Waals surface area contributed by atoms with Crippen LogP contribution in [0.1, 0.15) is 18.9 Å². The Bertz CT molecular complexity index is 324. The Balaban J connectivity index is 2.26. The Morgan fingerprint density at radius 1 is 1.57 bits per heavy atom. The van der Waals surface area contributed by atoms with Gasteiger partial charge in [0.15, 0.2) is 0 Å². The minimum Gasteiger partial charge on any atom is -0.384 e. The van der Waals surface area contributed by atoms with Gasteiger partial charge in [-0.3, -0.25) is 4.68 Å². The molecule has 14 heavy (non-hydrogen) atoms.